The van der Waals surface area contributed by atoms with E-state index in [1.54, 1.807) is 6.20 Å². The van der Waals surface area contributed by atoms with E-state index in [2.05, 4.69) is 9.97 Å². The Hall–Kier alpha value is -0.320. The summed E-state index contributed by atoms with van der Waals surface area (Å²) in [5.41, 5.74) is 0. The summed E-state index contributed by atoms with van der Waals surface area (Å²) in [6, 6.07) is 0. The summed E-state index contributed by atoms with van der Waals surface area (Å²) in [5.74, 6) is 0. The van der Waals surface area contributed by atoms with Gasteiger partial charge in [0.2, 0.25) is 0 Å². The van der Waals surface area contributed by atoms with Crippen molar-refractivity contribution in [2.45, 2.75) is 17.2 Å². The molecule has 0 unspecified atom stereocenters. The summed E-state index contributed by atoms with van der Waals surface area (Å²) in [6.45, 7) is 2.02. The minimum atomic E-state index is 0.109. The monoisotopic (exact) mass is 204 g/mol. The van der Waals surface area contributed by atoms with Gasteiger partial charge >= 0.3 is 0 Å². The smallest absolute Gasteiger partial charge is 0.118 e. The molecule has 0 spiro atoms. The lowest BCUT2D eigenvalue weighted by Crippen LogP contribution is -2.02. The number of thioether (sulfide) groups is 1. The molecule has 0 saturated carbocycles. The normalized spacial score (nSPS) is 12.9. The highest BCUT2D eigenvalue weighted by Crippen LogP contribution is 2.26. The van der Waals surface area contributed by atoms with Gasteiger partial charge in [0.15, 0.2) is 0 Å². The van der Waals surface area contributed by atoms with Gasteiger partial charge in [0.25, 0.3) is 0 Å². The van der Waals surface area contributed by atoms with Gasteiger partial charge in [-0.15, -0.1) is 0 Å². The van der Waals surface area contributed by atoms with Crippen LogP contribution in [0.4, 0.5) is 0 Å². The highest BCUT2D eigenvalue weighted by Gasteiger charge is 2.06. The highest BCUT2D eigenvalue weighted by atomic mass is 35.5. The fraction of sp³-hybridized carbons (Fsp3) is 0.429. The maximum atomic E-state index is 8.78. The Kier molecular flexibility index (Phi) is 3.78. The third-order valence-electron chi connectivity index (χ3n) is 1.20. The summed E-state index contributed by atoms with van der Waals surface area (Å²) >= 11 is 7.23. The van der Waals surface area contributed by atoms with Gasteiger partial charge < -0.3 is 5.11 Å². The Bertz CT molecular complexity index is 259. The lowest BCUT2D eigenvalue weighted by Gasteiger charge is -2.06. The van der Waals surface area contributed by atoms with Gasteiger partial charge in [-0.1, -0.05) is 30.3 Å². The lowest BCUT2D eigenvalue weighted by atomic mass is 10.5. The van der Waals surface area contributed by atoms with Crippen LogP contribution in [0.3, 0.4) is 0 Å². The van der Waals surface area contributed by atoms with Crippen molar-refractivity contribution < 1.29 is 5.11 Å². The van der Waals surface area contributed by atoms with Gasteiger partial charge in [-0.25, -0.2) is 9.97 Å². The van der Waals surface area contributed by atoms with Crippen LogP contribution in [0.5, 0.6) is 0 Å². The SMILES string of the molecule is C[C@@H](CO)Sc1ncncc1Cl. The Labute approximate surface area is 80.2 Å². The largest absolute Gasteiger partial charge is 0.395 e. The van der Waals surface area contributed by atoms with E-state index in [0.29, 0.717) is 10.0 Å². The van der Waals surface area contributed by atoms with Gasteiger partial charge in [-0.3, -0.25) is 0 Å². The second kappa shape index (κ2) is 4.64. The molecule has 1 atom stereocenters. The van der Waals surface area contributed by atoms with Crippen LogP contribution in [0.25, 0.3) is 0 Å². The first kappa shape index (κ1) is 9.77. The van der Waals surface area contributed by atoms with Crippen LogP contribution >= 0.6 is 23.4 Å². The number of nitrogens with zero attached hydrogens (tertiary/aromatic N) is 2. The van der Waals surface area contributed by atoms with Gasteiger partial charge in [-0.05, 0) is 0 Å². The number of halogens is 1. The molecule has 1 N–H and O–H groups in total. The molecular weight excluding hydrogens is 196 g/mol. The zero-order valence-electron chi connectivity index (χ0n) is 6.57. The van der Waals surface area contributed by atoms with Gasteiger partial charge in [0.1, 0.15) is 11.4 Å². The molecule has 0 bridgehead atoms. The molecule has 1 rings (SSSR count). The van der Waals surface area contributed by atoms with Crippen LogP contribution in [0.2, 0.25) is 5.02 Å². The molecule has 0 saturated heterocycles. The summed E-state index contributed by atoms with van der Waals surface area (Å²) in [4.78, 5) is 7.73. The zero-order chi connectivity index (χ0) is 8.97. The minimum absolute atomic E-state index is 0.109. The second-order valence-electron chi connectivity index (χ2n) is 2.29. The number of rotatable bonds is 3. The van der Waals surface area contributed by atoms with Crippen molar-refractivity contribution in [1.29, 1.82) is 0 Å². The van der Waals surface area contributed by atoms with Gasteiger partial charge in [0, 0.05) is 5.25 Å². The van der Waals surface area contributed by atoms with E-state index in [1.807, 2.05) is 6.92 Å². The molecule has 0 amide bonds. The van der Waals surface area contributed by atoms with E-state index < -0.39 is 0 Å². The Balaban J connectivity index is 2.69. The number of hydrogen-bond donors (Lipinski definition) is 1. The zero-order valence-corrected chi connectivity index (χ0v) is 8.14. The number of aliphatic hydroxyl groups is 1. The Morgan fingerprint density at radius 2 is 2.50 bits per heavy atom. The van der Waals surface area contributed by atoms with Crippen molar-refractivity contribution in [3.63, 3.8) is 0 Å². The van der Waals surface area contributed by atoms with Crippen LogP contribution in [-0.4, -0.2) is 26.9 Å². The highest BCUT2D eigenvalue weighted by molar-refractivity contribution is 8.00. The molecule has 0 fully saturated rings. The van der Waals surface area contributed by atoms with E-state index in [1.165, 1.54) is 18.1 Å². The average molecular weight is 205 g/mol. The molecule has 0 aliphatic rings. The number of hydrogen-bond acceptors (Lipinski definition) is 4. The van der Waals surface area contributed by atoms with Crippen LogP contribution in [0, 0.1) is 0 Å². The molecule has 0 aliphatic carbocycles. The van der Waals surface area contributed by atoms with Crippen molar-refractivity contribution in [2.24, 2.45) is 0 Å². The average Bonchev–Trinajstić information content (AvgIpc) is 2.09. The summed E-state index contributed by atoms with van der Waals surface area (Å²) in [6.07, 6.45) is 2.99. The third-order valence-corrected chi connectivity index (χ3v) is 2.69. The quantitative estimate of drug-likeness (QED) is 0.600. The number of aromatic nitrogens is 2. The van der Waals surface area contributed by atoms with E-state index in [-0.39, 0.29) is 11.9 Å². The number of aliphatic hydroxyl groups excluding tert-OH is 1. The van der Waals surface area contributed by atoms with Gasteiger partial charge in [-0.2, -0.15) is 0 Å². The van der Waals surface area contributed by atoms with Crippen molar-refractivity contribution in [1.82, 2.24) is 9.97 Å². The minimum Gasteiger partial charge on any atom is -0.395 e. The maximum Gasteiger partial charge on any atom is 0.118 e. The molecule has 5 heteroatoms. The lowest BCUT2D eigenvalue weighted by molar-refractivity contribution is 0.300. The first-order chi connectivity index (χ1) is 5.74. The predicted octanol–water partition coefficient (Wildman–Crippen LogP) is 1.60. The van der Waals surface area contributed by atoms with Crippen molar-refractivity contribution in [2.75, 3.05) is 6.61 Å². The summed E-state index contributed by atoms with van der Waals surface area (Å²) in [5, 5.41) is 10.1. The molecule has 0 aliphatic heterocycles. The van der Waals surface area contributed by atoms with Crippen LogP contribution in [0.15, 0.2) is 17.6 Å². The molecule has 0 aromatic carbocycles. The summed E-state index contributed by atoms with van der Waals surface area (Å²) < 4.78 is 0. The van der Waals surface area contributed by atoms with E-state index in [0.717, 1.165) is 0 Å². The molecule has 3 nitrogen and oxygen atoms in total. The second-order valence-corrected chi connectivity index (χ2v) is 4.12. The predicted molar refractivity (Wildman–Crippen MR) is 49.4 cm³/mol. The van der Waals surface area contributed by atoms with E-state index in [9.17, 15) is 0 Å². The molecule has 1 heterocycles. The van der Waals surface area contributed by atoms with Crippen molar-refractivity contribution in [3.05, 3.63) is 17.5 Å². The molecule has 12 heavy (non-hydrogen) atoms. The molecular formula is C7H9ClN2OS. The topological polar surface area (TPSA) is 46.0 Å². The van der Waals surface area contributed by atoms with Crippen molar-refractivity contribution >= 4 is 23.4 Å². The first-order valence-electron chi connectivity index (χ1n) is 3.47. The fourth-order valence-corrected chi connectivity index (χ4v) is 1.58. The molecule has 0 radical (unpaired) electrons. The molecule has 1 aromatic heterocycles. The van der Waals surface area contributed by atoms with E-state index >= 15 is 0 Å². The van der Waals surface area contributed by atoms with Crippen LogP contribution < -0.4 is 0 Å². The molecule has 1 aromatic rings. The van der Waals surface area contributed by atoms with Crippen LogP contribution in [-0.2, 0) is 0 Å². The first-order valence-corrected chi connectivity index (χ1v) is 4.73. The Morgan fingerprint density at radius 3 is 3.08 bits per heavy atom. The summed E-state index contributed by atoms with van der Waals surface area (Å²) in [7, 11) is 0. The van der Waals surface area contributed by atoms with Crippen LogP contribution in [0.1, 0.15) is 6.92 Å². The Morgan fingerprint density at radius 1 is 1.75 bits per heavy atom. The molecule has 66 valence electrons. The maximum absolute atomic E-state index is 8.78. The van der Waals surface area contributed by atoms with Gasteiger partial charge in [0.05, 0.1) is 17.8 Å². The van der Waals surface area contributed by atoms with Crippen molar-refractivity contribution in [3.8, 4) is 0 Å². The fourth-order valence-electron chi connectivity index (χ4n) is 0.616. The van der Waals surface area contributed by atoms with E-state index in [4.69, 9.17) is 16.7 Å². The standard InChI is InChI=1S/C7H9ClN2OS/c1-5(3-11)12-7-6(8)2-9-4-10-7/h2,4-5,11H,3H2,1H3/t5-/m0/s1. The third kappa shape index (κ3) is 2.62.